The fourth-order valence-electron chi connectivity index (χ4n) is 2.10. The Hall–Kier alpha value is -0.580. The molecule has 1 amide bonds. The number of aliphatic hydroxyl groups excluding tert-OH is 1. The van der Waals surface area contributed by atoms with Crippen molar-refractivity contribution in [3.8, 4) is 0 Å². The second-order valence-corrected chi connectivity index (χ2v) is 5.75. The summed E-state index contributed by atoms with van der Waals surface area (Å²) in [6.45, 7) is 1.88. The Bertz CT molecular complexity index is 419. The van der Waals surface area contributed by atoms with Crippen LogP contribution in [0.15, 0.2) is 5.38 Å². The zero-order valence-electron chi connectivity index (χ0n) is 9.70. The van der Waals surface area contributed by atoms with Crippen LogP contribution in [0, 0.1) is 6.92 Å². The molecule has 2 rings (SSSR count). The molecule has 0 spiro atoms. The first kappa shape index (κ1) is 12.9. The first-order valence-electron chi connectivity index (χ1n) is 5.82. The van der Waals surface area contributed by atoms with Gasteiger partial charge in [0, 0.05) is 0 Å². The normalized spacial score (nSPS) is 24.6. The van der Waals surface area contributed by atoms with E-state index < -0.39 is 6.10 Å². The highest BCUT2D eigenvalue weighted by molar-refractivity contribution is 7.13. The number of amides is 1. The lowest BCUT2D eigenvalue weighted by Gasteiger charge is -2.28. The topological polar surface area (TPSA) is 49.3 Å². The molecule has 0 unspecified atom stereocenters. The lowest BCUT2D eigenvalue weighted by atomic mass is 9.92. The highest BCUT2D eigenvalue weighted by Crippen LogP contribution is 2.27. The molecule has 0 radical (unpaired) electrons. The largest absolute Gasteiger partial charge is 0.391 e. The number of hydrogen-bond acceptors (Lipinski definition) is 3. The minimum Gasteiger partial charge on any atom is -0.391 e. The molecular formula is C12H16ClNO2S. The van der Waals surface area contributed by atoms with E-state index in [-0.39, 0.29) is 11.9 Å². The Kier molecular flexibility index (Phi) is 4.07. The third-order valence-corrected chi connectivity index (χ3v) is 4.85. The summed E-state index contributed by atoms with van der Waals surface area (Å²) >= 11 is 7.39. The van der Waals surface area contributed by atoms with Gasteiger partial charge >= 0.3 is 0 Å². The van der Waals surface area contributed by atoms with Crippen molar-refractivity contribution in [3.63, 3.8) is 0 Å². The molecular weight excluding hydrogens is 258 g/mol. The Balaban J connectivity index is 2.03. The standard InChI is InChI=1S/C12H16ClNO2S/c1-7-6-17-11(10(7)13)12(16)14-8-4-2-3-5-9(8)15/h6,8-9,15H,2-5H2,1H3,(H,14,16)/t8-,9-/m0/s1. The molecule has 1 aliphatic rings. The Morgan fingerprint density at radius 2 is 2.24 bits per heavy atom. The predicted molar refractivity (Wildman–Crippen MR) is 69.8 cm³/mol. The minimum absolute atomic E-state index is 0.130. The zero-order chi connectivity index (χ0) is 12.4. The van der Waals surface area contributed by atoms with E-state index >= 15 is 0 Å². The van der Waals surface area contributed by atoms with Crippen LogP contribution in [0.1, 0.15) is 40.9 Å². The maximum Gasteiger partial charge on any atom is 0.263 e. The number of thiophene rings is 1. The van der Waals surface area contributed by atoms with Crippen LogP contribution in [-0.2, 0) is 0 Å². The van der Waals surface area contributed by atoms with E-state index in [0.717, 1.165) is 31.2 Å². The summed E-state index contributed by atoms with van der Waals surface area (Å²) < 4.78 is 0. The second kappa shape index (κ2) is 5.38. The molecule has 1 heterocycles. The number of carbonyl (C=O) groups is 1. The van der Waals surface area contributed by atoms with Crippen molar-refractivity contribution in [3.05, 3.63) is 20.8 Å². The summed E-state index contributed by atoms with van der Waals surface area (Å²) in [5.41, 5.74) is 0.922. The highest BCUT2D eigenvalue weighted by Gasteiger charge is 2.26. The number of aliphatic hydroxyl groups is 1. The van der Waals surface area contributed by atoms with Gasteiger partial charge in [-0.25, -0.2) is 0 Å². The quantitative estimate of drug-likeness (QED) is 0.870. The molecule has 1 aromatic rings. The first-order chi connectivity index (χ1) is 8.09. The molecule has 0 saturated heterocycles. The first-order valence-corrected chi connectivity index (χ1v) is 7.08. The average Bonchev–Trinajstić information content (AvgIpc) is 2.63. The summed E-state index contributed by atoms with van der Waals surface area (Å²) in [6.07, 6.45) is 3.27. The van der Waals surface area contributed by atoms with E-state index in [0.29, 0.717) is 9.90 Å². The summed E-state index contributed by atoms with van der Waals surface area (Å²) in [4.78, 5) is 12.5. The van der Waals surface area contributed by atoms with Crippen LogP contribution in [0.4, 0.5) is 0 Å². The molecule has 0 aromatic carbocycles. The van der Waals surface area contributed by atoms with Crippen molar-refractivity contribution in [2.45, 2.75) is 44.8 Å². The molecule has 0 bridgehead atoms. The van der Waals surface area contributed by atoms with Gasteiger partial charge in [0.2, 0.25) is 0 Å². The van der Waals surface area contributed by atoms with Crippen molar-refractivity contribution >= 4 is 28.8 Å². The number of aryl methyl sites for hydroxylation is 1. The lowest BCUT2D eigenvalue weighted by Crippen LogP contribution is -2.44. The fraction of sp³-hybridized carbons (Fsp3) is 0.583. The fourth-order valence-corrected chi connectivity index (χ4v) is 3.28. The maximum absolute atomic E-state index is 12.0. The number of rotatable bonds is 2. The summed E-state index contributed by atoms with van der Waals surface area (Å²) in [7, 11) is 0. The van der Waals surface area contributed by atoms with Gasteiger partial charge in [0.15, 0.2) is 0 Å². The van der Waals surface area contributed by atoms with Crippen LogP contribution >= 0.6 is 22.9 Å². The number of nitrogens with one attached hydrogen (secondary N) is 1. The Labute approximate surface area is 110 Å². The van der Waals surface area contributed by atoms with Gasteiger partial charge in [-0.3, -0.25) is 4.79 Å². The van der Waals surface area contributed by atoms with E-state index in [2.05, 4.69) is 5.32 Å². The molecule has 1 aliphatic carbocycles. The van der Waals surface area contributed by atoms with Crippen LogP contribution < -0.4 is 5.32 Å². The van der Waals surface area contributed by atoms with Crippen molar-refractivity contribution < 1.29 is 9.90 Å². The lowest BCUT2D eigenvalue weighted by molar-refractivity contribution is 0.0720. The summed E-state index contributed by atoms with van der Waals surface area (Å²) in [5, 5.41) is 15.1. The van der Waals surface area contributed by atoms with Gasteiger partial charge in [-0.05, 0) is 30.7 Å². The Morgan fingerprint density at radius 1 is 1.53 bits per heavy atom. The van der Waals surface area contributed by atoms with Gasteiger partial charge < -0.3 is 10.4 Å². The number of halogens is 1. The summed E-state index contributed by atoms with van der Waals surface area (Å²) in [6, 6.07) is -0.130. The molecule has 94 valence electrons. The van der Waals surface area contributed by atoms with E-state index in [1.165, 1.54) is 11.3 Å². The average molecular weight is 274 g/mol. The van der Waals surface area contributed by atoms with E-state index in [1.54, 1.807) is 0 Å². The van der Waals surface area contributed by atoms with Crippen LogP contribution in [0.2, 0.25) is 5.02 Å². The maximum atomic E-state index is 12.0. The van der Waals surface area contributed by atoms with Crippen LogP contribution in [0.3, 0.4) is 0 Å². The zero-order valence-corrected chi connectivity index (χ0v) is 11.3. The SMILES string of the molecule is Cc1csc(C(=O)N[C@H]2CCCC[C@@H]2O)c1Cl. The molecule has 17 heavy (non-hydrogen) atoms. The van der Waals surface area contributed by atoms with Crippen molar-refractivity contribution in [2.24, 2.45) is 0 Å². The predicted octanol–water partition coefficient (Wildman–Crippen LogP) is 2.74. The van der Waals surface area contributed by atoms with E-state index in [9.17, 15) is 9.90 Å². The summed E-state index contributed by atoms with van der Waals surface area (Å²) in [5.74, 6) is -0.168. The number of carbonyl (C=O) groups excluding carboxylic acids is 1. The van der Waals surface area contributed by atoms with Gasteiger partial charge in [-0.2, -0.15) is 0 Å². The van der Waals surface area contributed by atoms with Crippen LogP contribution in [0.5, 0.6) is 0 Å². The molecule has 1 fully saturated rings. The van der Waals surface area contributed by atoms with Crippen molar-refractivity contribution in [1.82, 2.24) is 5.32 Å². The number of hydrogen-bond donors (Lipinski definition) is 2. The van der Waals surface area contributed by atoms with E-state index in [4.69, 9.17) is 11.6 Å². The molecule has 1 saturated carbocycles. The molecule has 1 aromatic heterocycles. The van der Waals surface area contributed by atoms with Gasteiger partial charge in [0.25, 0.3) is 5.91 Å². The monoisotopic (exact) mass is 273 g/mol. The van der Waals surface area contributed by atoms with Gasteiger partial charge in [0.1, 0.15) is 4.88 Å². The minimum atomic E-state index is -0.424. The second-order valence-electron chi connectivity index (χ2n) is 4.49. The Morgan fingerprint density at radius 3 is 2.82 bits per heavy atom. The van der Waals surface area contributed by atoms with Gasteiger partial charge in [-0.1, -0.05) is 24.4 Å². The molecule has 2 N–H and O–H groups in total. The highest BCUT2D eigenvalue weighted by atomic mass is 35.5. The van der Waals surface area contributed by atoms with Crippen LogP contribution in [-0.4, -0.2) is 23.2 Å². The molecule has 2 atom stereocenters. The van der Waals surface area contributed by atoms with Crippen molar-refractivity contribution in [1.29, 1.82) is 0 Å². The molecule has 0 aliphatic heterocycles. The van der Waals surface area contributed by atoms with Gasteiger partial charge in [-0.15, -0.1) is 11.3 Å². The molecule has 5 heteroatoms. The van der Waals surface area contributed by atoms with Crippen LogP contribution in [0.25, 0.3) is 0 Å². The van der Waals surface area contributed by atoms with Crippen molar-refractivity contribution in [2.75, 3.05) is 0 Å². The third kappa shape index (κ3) is 2.81. The smallest absolute Gasteiger partial charge is 0.263 e. The van der Waals surface area contributed by atoms with E-state index in [1.807, 2.05) is 12.3 Å². The third-order valence-electron chi connectivity index (χ3n) is 3.15. The van der Waals surface area contributed by atoms with Gasteiger partial charge in [0.05, 0.1) is 17.2 Å². The molecule has 3 nitrogen and oxygen atoms in total.